The SMILES string of the molecule is CC1CC1C(NC(=O)CCN)c1ccc(Cl)cc1. The van der Waals surface area contributed by atoms with Crippen LogP contribution in [0.25, 0.3) is 0 Å². The van der Waals surface area contributed by atoms with Crippen LogP contribution in [-0.2, 0) is 4.79 Å². The summed E-state index contributed by atoms with van der Waals surface area (Å²) in [4.78, 5) is 11.7. The first-order chi connectivity index (χ1) is 8.61. The van der Waals surface area contributed by atoms with Crippen molar-refractivity contribution in [3.8, 4) is 0 Å². The molecule has 1 aliphatic carbocycles. The van der Waals surface area contributed by atoms with Crippen LogP contribution in [0.3, 0.4) is 0 Å². The minimum atomic E-state index is 0.0246. The van der Waals surface area contributed by atoms with Gasteiger partial charge in [-0.05, 0) is 36.0 Å². The molecule has 98 valence electrons. The Kier molecular flexibility index (Phi) is 4.25. The number of amides is 1. The molecule has 1 amide bonds. The summed E-state index contributed by atoms with van der Waals surface area (Å²) >= 11 is 5.89. The average molecular weight is 267 g/mol. The maximum absolute atomic E-state index is 11.7. The van der Waals surface area contributed by atoms with Crippen molar-refractivity contribution in [3.63, 3.8) is 0 Å². The van der Waals surface area contributed by atoms with Crippen LogP contribution in [0.15, 0.2) is 24.3 Å². The first-order valence-electron chi connectivity index (χ1n) is 6.36. The van der Waals surface area contributed by atoms with Crippen molar-refractivity contribution in [1.29, 1.82) is 0 Å². The standard InChI is InChI=1S/C14H19ClN2O/c1-9-8-12(9)14(17-13(18)6-7-16)10-2-4-11(15)5-3-10/h2-5,9,12,14H,6-8,16H2,1H3,(H,17,18). The van der Waals surface area contributed by atoms with E-state index in [9.17, 15) is 4.79 Å². The zero-order valence-corrected chi connectivity index (χ0v) is 11.3. The third-order valence-electron chi connectivity index (χ3n) is 3.52. The summed E-state index contributed by atoms with van der Waals surface area (Å²) in [7, 11) is 0. The van der Waals surface area contributed by atoms with E-state index >= 15 is 0 Å². The molecule has 3 atom stereocenters. The average Bonchev–Trinajstić information content (AvgIpc) is 3.05. The van der Waals surface area contributed by atoms with Gasteiger partial charge in [0.2, 0.25) is 5.91 Å². The summed E-state index contributed by atoms with van der Waals surface area (Å²) in [5, 5.41) is 3.80. The highest BCUT2D eigenvalue weighted by atomic mass is 35.5. The Bertz CT molecular complexity index is 418. The van der Waals surface area contributed by atoms with Gasteiger partial charge in [0.1, 0.15) is 0 Å². The van der Waals surface area contributed by atoms with Crippen LogP contribution in [0.2, 0.25) is 5.02 Å². The number of hydrogen-bond acceptors (Lipinski definition) is 2. The molecule has 3 unspecified atom stereocenters. The molecule has 1 aromatic carbocycles. The summed E-state index contributed by atoms with van der Waals surface area (Å²) in [5.41, 5.74) is 6.53. The van der Waals surface area contributed by atoms with E-state index in [4.69, 9.17) is 17.3 Å². The minimum absolute atomic E-state index is 0.0246. The molecule has 1 aliphatic rings. The van der Waals surface area contributed by atoms with E-state index in [-0.39, 0.29) is 11.9 Å². The fraction of sp³-hybridized carbons (Fsp3) is 0.500. The molecule has 18 heavy (non-hydrogen) atoms. The molecule has 1 aromatic rings. The van der Waals surface area contributed by atoms with Crippen LogP contribution in [-0.4, -0.2) is 12.5 Å². The van der Waals surface area contributed by atoms with Crippen molar-refractivity contribution in [2.75, 3.05) is 6.54 Å². The van der Waals surface area contributed by atoms with Gasteiger partial charge in [-0.2, -0.15) is 0 Å². The van der Waals surface area contributed by atoms with Crippen molar-refractivity contribution in [1.82, 2.24) is 5.32 Å². The lowest BCUT2D eigenvalue weighted by Crippen LogP contribution is -2.31. The molecule has 3 nitrogen and oxygen atoms in total. The van der Waals surface area contributed by atoms with E-state index < -0.39 is 0 Å². The molecular formula is C14H19ClN2O. The van der Waals surface area contributed by atoms with Crippen molar-refractivity contribution in [2.45, 2.75) is 25.8 Å². The van der Waals surface area contributed by atoms with Gasteiger partial charge in [0.25, 0.3) is 0 Å². The Morgan fingerprint density at radius 3 is 2.61 bits per heavy atom. The van der Waals surface area contributed by atoms with Crippen molar-refractivity contribution in [3.05, 3.63) is 34.9 Å². The summed E-state index contributed by atoms with van der Waals surface area (Å²) in [6.07, 6.45) is 1.54. The number of hydrogen-bond donors (Lipinski definition) is 2. The van der Waals surface area contributed by atoms with Crippen LogP contribution < -0.4 is 11.1 Å². The molecular weight excluding hydrogens is 248 g/mol. The van der Waals surface area contributed by atoms with Gasteiger partial charge >= 0.3 is 0 Å². The summed E-state index contributed by atoms with van der Waals surface area (Å²) in [6.45, 7) is 2.60. The quantitative estimate of drug-likeness (QED) is 0.860. The van der Waals surface area contributed by atoms with Crippen molar-refractivity contribution >= 4 is 17.5 Å². The van der Waals surface area contributed by atoms with Crippen LogP contribution in [0.4, 0.5) is 0 Å². The van der Waals surface area contributed by atoms with Gasteiger partial charge < -0.3 is 11.1 Å². The largest absolute Gasteiger partial charge is 0.349 e. The topological polar surface area (TPSA) is 55.1 Å². The normalized spacial score (nSPS) is 23.5. The molecule has 0 spiro atoms. The maximum Gasteiger partial charge on any atom is 0.221 e. The van der Waals surface area contributed by atoms with Gasteiger partial charge in [-0.3, -0.25) is 4.79 Å². The second kappa shape index (κ2) is 5.72. The molecule has 2 rings (SSSR count). The van der Waals surface area contributed by atoms with E-state index in [1.165, 1.54) is 0 Å². The maximum atomic E-state index is 11.7. The lowest BCUT2D eigenvalue weighted by Gasteiger charge is -2.19. The Labute approximate surface area is 113 Å². The lowest BCUT2D eigenvalue weighted by molar-refractivity contribution is -0.121. The fourth-order valence-corrected chi connectivity index (χ4v) is 2.43. The first-order valence-corrected chi connectivity index (χ1v) is 6.74. The fourth-order valence-electron chi connectivity index (χ4n) is 2.30. The van der Waals surface area contributed by atoms with Crippen LogP contribution in [0.1, 0.15) is 31.4 Å². The molecule has 0 heterocycles. The van der Waals surface area contributed by atoms with Gasteiger partial charge in [-0.25, -0.2) is 0 Å². The number of benzene rings is 1. The second-order valence-corrected chi connectivity index (χ2v) is 5.45. The van der Waals surface area contributed by atoms with E-state index in [1.54, 1.807) is 0 Å². The van der Waals surface area contributed by atoms with E-state index in [1.807, 2.05) is 24.3 Å². The van der Waals surface area contributed by atoms with E-state index in [0.29, 0.717) is 24.8 Å². The molecule has 0 radical (unpaired) electrons. The number of nitrogens with one attached hydrogen (secondary N) is 1. The lowest BCUT2D eigenvalue weighted by atomic mass is 10.0. The molecule has 0 aliphatic heterocycles. The number of carbonyl (C=O) groups is 1. The molecule has 4 heteroatoms. The zero-order valence-electron chi connectivity index (χ0n) is 10.5. The highest BCUT2D eigenvalue weighted by molar-refractivity contribution is 6.30. The van der Waals surface area contributed by atoms with Crippen LogP contribution in [0, 0.1) is 11.8 Å². The van der Waals surface area contributed by atoms with Crippen LogP contribution >= 0.6 is 11.6 Å². The van der Waals surface area contributed by atoms with Gasteiger partial charge in [-0.1, -0.05) is 30.7 Å². The predicted molar refractivity (Wildman–Crippen MR) is 73.3 cm³/mol. The van der Waals surface area contributed by atoms with Crippen molar-refractivity contribution < 1.29 is 4.79 Å². The summed E-state index contributed by atoms with van der Waals surface area (Å²) < 4.78 is 0. The first kappa shape index (κ1) is 13.4. The zero-order chi connectivity index (χ0) is 13.1. The number of nitrogens with two attached hydrogens (primary N) is 1. The summed E-state index contributed by atoms with van der Waals surface area (Å²) in [6, 6.07) is 7.80. The predicted octanol–water partition coefficient (Wildman–Crippen LogP) is 2.50. The minimum Gasteiger partial charge on any atom is -0.349 e. The highest BCUT2D eigenvalue weighted by Gasteiger charge is 2.40. The van der Waals surface area contributed by atoms with Gasteiger partial charge in [0.15, 0.2) is 0 Å². The molecule has 0 saturated heterocycles. The smallest absolute Gasteiger partial charge is 0.221 e. The number of carbonyl (C=O) groups excluding carboxylic acids is 1. The van der Waals surface area contributed by atoms with Gasteiger partial charge in [0.05, 0.1) is 6.04 Å². The molecule has 0 aromatic heterocycles. The second-order valence-electron chi connectivity index (χ2n) is 5.01. The Morgan fingerprint density at radius 1 is 1.50 bits per heavy atom. The number of halogens is 1. The molecule has 3 N–H and O–H groups in total. The molecule has 0 bridgehead atoms. The van der Waals surface area contributed by atoms with Gasteiger partial charge in [0, 0.05) is 18.0 Å². The Hall–Kier alpha value is -1.06. The van der Waals surface area contributed by atoms with Crippen LogP contribution in [0.5, 0.6) is 0 Å². The van der Waals surface area contributed by atoms with E-state index in [2.05, 4.69) is 12.2 Å². The van der Waals surface area contributed by atoms with Crippen molar-refractivity contribution in [2.24, 2.45) is 17.6 Å². The third kappa shape index (κ3) is 3.24. The molecule has 1 fully saturated rings. The molecule has 1 saturated carbocycles. The van der Waals surface area contributed by atoms with E-state index in [0.717, 1.165) is 17.0 Å². The number of rotatable bonds is 5. The Balaban J connectivity index is 2.10. The Morgan fingerprint density at radius 2 is 2.11 bits per heavy atom. The third-order valence-corrected chi connectivity index (χ3v) is 3.77. The summed E-state index contributed by atoms with van der Waals surface area (Å²) in [5.74, 6) is 1.23. The van der Waals surface area contributed by atoms with Gasteiger partial charge in [-0.15, -0.1) is 0 Å². The monoisotopic (exact) mass is 266 g/mol. The highest BCUT2D eigenvalue weighted by Crippen LogP contribution is 2.47.